The maximum atomic E-state index is 12.4. The topological polar surface area (TPSA) is 49.7 Å². The van der Waals surface area contributed by atoms with E-state index in [0.29, 0.717) is 5.71 Å². The molecule has 3 aliphatic rings. The lowest BCUT2D eigenvalue weighted by atomic mass is 9.90. The largest absolute Gasteiger partial charge is 0.350 e. The number of hydrogen-bond acceptors (Lipinski definition) is 2. The van der Waals surface area contributed by atoms with Gasteiger partial charge in [-0.25, -0.2) is 4.79 Å². The normalized spacial score (nSPS) is 28.3. The highest BCUT2D eigenvalue weighted by Crippen LogP contribution is 2.28. The Morgan fingerprint density at radius 1 is 1.11 bits per heavy atom. The smallest absolute Gasteiger partial charge is 0.273 e. The monoisotopic (exact) mass is 244 g/mol. The van der Waals surface area contributed by atoms with Crippen LogP contribution in [0.4, 0.5) is 4.79 Å². The first kappa shape index (κ1) is 11.4. The summed E-state index contributed by atoms with van der Waals surface area (Å²) in [5, 5.41) is 0. The van der Waals surface area contributed by atoms with Gasteiger partial charge in [-0.05, 0) is 18.9 Å². The van der Waals surface area contributed by atoms with Crippen LogP contribution in [0.1, 0.15) is 32.1 Å². The van der Waals surface area contributed by atoms with E-state index >= 15 is 0 Å². The summed E-state index contributed by atoms with van der Waals surface area (Å²) in [5.74, 6) is -0.452. The second-order valence-corrected chi connectivity index (χ2v) is 5.04. The molecule has 94 valence electrons. The van der Waals surface area contributed by atoms with E-state index < -0.39 is 0 Å². The lowest BCUT2D eigenvalue weighted by molar-refractivity contribution is -0.131. The summed E-state index contributed by atoms with van der Waals surface area (Å²) in [7, 11) is 0. The molecule has 1 heterocycles. The van der Waals surface area contributed by atoms with Gasteiger partial charge < -0.3 is 0 Å². The zero-order valence-corrected chi connectivity index (χ0v) is 10.2. The molecule has 1 aliphatic heterocycles. The molecule has 4 nitrogen and oxygen atoms in total. The molecule has 0 aromatic heterocycles. The van der Waals surface area contributed by atoms with E-state index in [1.807, 2.05) is 18.2 Å². The van der Waals surface area contributed by atoms with Crippen LogP contribution in [-0.2, 0) is 4.79 Å². The standard InChI is InChI=1S/C14H16N2O2/c17-13-11-8-4-5-9-12(11)15-14(18)16(13)10-6-2-1-3-7-10/h4-5,8-11H,1-3,6-7H2. The predicted octanol–water partition coefficient (Wildman–Crippen LogP) is 2.46. The van der Waals surface area contributed by atoms with Crippen molar-refractivity contribution in [2.24, 2.45) is 10.9 Å². The van der Waals surface area contributed by atoms with Crippen LogP contribution in [0.15, 0.2) is 29.3 Å². The summed E-state index contributed by atoms with van der Waals surface area (Å²) in [6, 6.07) is -0.318. The third kappa shape index (κ3) is 1.82. The van der Waals surface area contributed by atoms with Crippen molar-refractivity contribution in [1.82, 2.24) is 4.90 Å². The van der Waals surface area contributed by atoms with Crippen molar-refractivity contribution >= 4 is 17.6 Å². The van der Waals surface area contributed by atoms with Gasteiger partial charge in [0.05, 0.1) is 11.6 Å². The van der Waals surface area contributed by atoms with E-state index in [2.05, 4.69) is 4.99 Å². The Balaban J connectivity index is 1.89. The van der Waals surface area contributed by atoms with Gasteiger partial charge in [0.25, 0.3) is 0 Å². The summed E-state index contributed by atoms with van der Waals surface area (Å²) < 4.78 is 0. The fourth-order valence-electron chi connectivity index (χ4n) is 2.93. The zero-order valence-electron chi connectivity index (χ0n) is 10.2. The van der Waals surface area contributed by atoms with Crippen molar-refractivity contribution in [1.29, 1.82) is 0 Å². The van der Waals surface area contributed by atoms with Gasteiger partial charge >= 0.3 is 6.03 Å². The molecule has 0 bridgehead atoms. The number of allylic oxidation sites excluding steroid dienone is 3. The zero-order chi connectivity index (χ0) is 12.5. The SMILES string of the molecule is O=C1N=C2C=CC=CC2C(=O)N1C1CCCCC1. The molecule has 1 unspecified atom stereocenters. The second kappa shape index (κ2) is 4.52. The molecule has 1 atom stereocenters. The Hall–Kier alpha value is -1.71. The number of aliphatic imine (C=N–C) groups is 1. The average molecular weight is 244 g/mol. The maximum absolute atomic E-state index is 12.4. The van der Waals surface area contributed by atoms with Gasteiger partial charge in [0, 0.05) is 6.04 Å². The van der Waals surface area contributed by atoms with Crippen LogP contribution in [-0.4, -0.2) is 28.6 Å². The number of carbonyl (C=O) groups is 2. The van der Waals surface area contributed by atoms with E-state index in [1.54, 1.807) is 6.08 Å². The van der Waals surface area contributed by atoms with Crippen molar-refractivity contribution in [2.75, 3.05) is 0 Å². The Bertz CT molecular complexity index is 470. The van der Waals surface area contributed by atoms with E-state index in [0.717, 1.165) is 25.7 Å². The van der Waals surface area contributed by atoms with Crippen LogP contribution in [0, 0.1) is 5.92 Å². The van der Waals surface area contributed by atoms with E-state index in [4.69, 9.17) is 0 Å². The highest BCUT2D eigenvalue weighted by molar-refractivity contribution is 6.21. The Labute approximate surface area is 106 Å². The lowest BCUT2D eigenvalue weighted by Crippen LogP contribution is -2.51. The Morgan fingerprint density at radius 3 is 2.67 bits per heavy atom. The van der Waals surface area contributed by atoms with Gasteiger partial charge in [-0.15, -0.1) is 0 Å². The van der Waals surface area contributed by atoms with E-state index in [1.165, 1.54) is 11.3 Å². The minimum atomic E-state index is -0.377. The van der Waals surface area contributed by atoms with Gasteiger partial charge in [-0.2, -0.15) is 4.99 Å². The van der Waals surface area contributed by atoms with Crippen LogP contribution >= 0.6 is 0 Å². The highest BCUT2D eigenvalue weighted by atomic mass is 16.2. The molecule has 2 aliphatic carbocycles. The molecule has 0 aromatic rings. The van der Waals surface area contributed by atoms with Crippen LogP contribution < -0.4 is 0 Å². The lowest BCUT2D eigenvalue weighted by Gasteiger charge is -2.36. The number of hydrogen-bond donors (Lipinski definition) is 0. The van der Waals surface area contributed by atoms with Crippen LogP contribution in [0.25, 0.3) is 0 Å². The first-order chi connectivity index (χ1) is 8.77. The first-order valence-corrected chi connectivity index (χ1v) is 6.58. The minimum absolute atomic E-state index is 0.0587. The number of rotatable bonds is 1. The van der Waals surface area contributed by atoms with Crippen molar-refractivity contribution in [2.45, 2.75) is 38.1 Å². The molecular weight excluding hydrogens is 228 g/mol. The molecule has 1 fully saturated rings. The van der Waals surface area contributed by atoms with Crippen molar-refractivity contribution < 1.29 is 9.59 Å². The van der Waals surface area contributed by atoms with Gasteiger partial charge in [0.15, 0.2) is 0 Å². The van der Waals surface area contributed by atoms with Gasteiger partial charge in [-0.3, -0.25) is 9.69 Å². The van der Waals surface area contributed by atoms with Crippen molar-refractivity contribution in [3.8, 4) is 0 Å². The molecule has 0 aromatic carbocycles. The van der Waals surface area contributed by atoms with Gasteiger partial charge in [0.1, 0.15) is 0 Å². The average Bonchev–Trinajstić information content (AvgIpc) is 2.40. The number of urea groups is 1. The maximum Gasteiger partial charge on any atom is 0.350 e. The quantitative estimate of drug-likeness (QED) is 0.711. The summed E-state index contributed by atoms with van der Waals surface area (Å²) in [6.07, 6.45) is 12.5. The molecule has 0 saturated heterocycles. The third-order valence-electron chi connectivity index (χ3n) is 3.87. The summed E-state index contributed by atoms with van der Waals surface area (Å²) in [5.41, 5.74) is 0.583. The minimum Gasteiger partial charge on any atom is -0.273 e. The van der Waals surface area contributed by atoms with Crippen LogP contribution in [0.3, 0.4) is 0 Å². The van der Waals surface area contributed by atoms with Crippen molar-refractivity contribution in [3.05, 3.63) is 24.3 Å². The van der Waals surface area contributed by atoms with Crippen LogP contribution in [0.2, 0.25) is 0 Å². The molecule has 3 amide bonds. The molecular formula is C14H16N2O2. The van der Waals surface area contributed by atoms with Gasteiger partial charge in [-0.1, -0.05) is 37.5 Å². The molecule has 1 saturated carbocycles. The molecule has 0 radical (unpaired) electrons. The summed E-state index contributed by atoms with van der Waals surface area (Å²) in [4.78, 5) is 29.9. The van der Waals surface area contributed by atoms with E-state index in [-0.39, 0.29) is 23.9 Å². The fraction of sp³-hybridized carbons (Fsp3) is 0.500. The molecule has 3 rings (SSSR count). The molecule has 0 spiro atoms. The molecule has 0 N–H and O–H groups in total. The first-order valence-electron chi connectivity index (χ1n) is 6.58. The summed E-state index contributed by atoms with van der Waals surface area (Å²) >= 11 is 0. The highest BCUT2D eigenvalue weighted by Gasteiger charge is 2.39. The van der Waals surface area contributed by atoms with E-state index in [9.17, 15) is 9.59 Å². The number of amides is 3. The number of nitrogens with zero attached hydrogens (tertiary/aromatic N) is 2. The van der Waals surface area contributed by atoms with Gasteiger partial charge in [0.2, 0.25) is 5.91 Å². The number of imide groups is 1. The van der Waals surface area contributed by atoms with Crippen molar-refractivity contribution in [3.63, 3.8) is 0 Å². The number of fused-ring (bicyclic) bond motifs is 1. The number of carbonyl (C=O) groups excluding carboxylic acids is 2. The fourth-order valence-corrected chi connectivity index (χ4v) is 2.93. The molecule has 18 heavy (non-hydrogen) atoms. The third-order valence-corrected chi connectivity index (χ3v) is 3.87. The Kier molecular flexibility index (Phi) is 2.86. The predicted molar refractivity (Wildman–Crippen MR) is 68.3 cm³/mol. The second-order valence-electron chi connectivity index (χ2n) is 5.04. The summed E-state index contributed by atoms with van der Waals surface area (Å²) in [6.45, 7) is 0. The Morgan fingerprint density at radius 2 is 1.89 bits per heavy atom. The molecule has 4 heteroatoms. The van der Waals surface area contributed by atoms with Crippen LogP contribution in [0.5, 0.6) is 0 Å².